The third-order valence-corrected chi connectivity index (χ3v) is 6.21. The van der Waals surface area contributed by atoms with Gasteiger partial charge in [0, 0.05) is 24.3 Å². The van der Waals surface area contributed by atoms with Crippen molar-refractivity contribution < 1.29 is 18.3 Å². The van der Waals surface area contributed by atoms with E-state index in [0.29, 0.717) is 13.0 Å². The van der Waals surface area contributed by atoms with Gasteiger partial charge in [0.05, 0.1) is 17.0 Å². The van der Waals surface area contributed by atoms with Crippen molar-refractivity contribution in [3.05, 3.63) is 24.3 Å². The first-order valence-corrected chi connectivity index (χ1v) is 7.66. The van der Waals surface area contributed by atoms with Gasteiger partial charge in [-0.1, -0.05) is 0 Å². The van der Waals surface area contributed by atoms with Crippen molar-refractivity contribution in [3.63, 3.8) is 0 Å². The first kappa shape index (κ1) is 14.1. The fraction of sp³-hybridized carbons (Fsp3) is 0.583. The molecule has 0 aliphatic carbocycles. The number of ether oxygens (including phenoxy) is 1. The van der Waals surface area contributed by atoms with Crippen molar-refractivity contribution in [2.45, 2.75) is 23.0 Å². The summed E-state index contributed by atoms with van der Waals surface area (Å²) in [5.74, 6) is 1.46. The maximum Gasteiger partial charge on any atom is 0.164 e. The number of carbonyl (C=O) groups is 1. The Morgan fingerprint density at radius 1 is 1.50 bits per heavy atom. The molecule has 0 amide bonds. The van der Waals surface area contributed by atoms with Crippen LogP contribution in [0.15, 0.2) is 24.3 Å². The lowest BCUT2D eigenvalue weighted by atomic mass is 10.0. The van der Waals surface area contributed by atoms with E-state index in [9.17, 15) is 13.6 Å². The van der Waals surface area contributed by atoms with Crippen LogP contribution in [-0.4, -0.2) is 34.1 Å². The zero-order valence-electron chi connectivity index (χ0n) is 9.73. The molecule has 2 aliphatic rings. The summed E-state index contributed by atoms with van der Waals surface area (Å²) in [4.78, 5) is 11.9. The maximum absolute atomic E-state index is 13.3. The number of carbonyl (C=O) groups excluding carboxylic acids is 1. The molecule has 1 atom stereocenters. The lowest BCUT2D eigenvalue weighted by Crippen LogP contribution is -2.42. The van der Waals surface area contributed by atoms with Gasteiger partial charge in [-0.3, -0.25) is 4.79 Å². The molecule has 0 aromatic carbocycles. The van der Waals surface area contributed by atoms with Crippen LogP contribution in [0.3, 0.4) is 0 Å². The third-order valence-electron chi connectivity index (χ3n) is 2.85. The van der Waals surface area contributed by atoms with Crippen molar-refractivity contribution in [1.29, 1.82) is 0 Å². The highest BCUT2D eigenvalue weighted by atomic mass is 32.2. The molecule has 0 radical (unpaired) electrons. The van der Waals surface area contributed by atoms with Gasteiger partial charge in [-0.05, 0) is 12.2 Å². The van der Waals surface area contributed by atoms with E-state index >= 15 is 0 Å². The average Bonchev–Trinajstić information content (AvgIpc) is 2.79. The molecule has 0 saturated carbocycles. The van der Waals surface area contributed by atoms with Crippen molar-refractivity contribution in [2.75, 3.05) is 18.1 Å². The quantitative estimate of drug-likeness (QED) is 0.746. The van der Waals surface area contributed by atoms with E-state index in [2.05, 4.69) is 0 Å². The summed E-state index contributed by atoms with van der Waals surface area (Å²) in [5.41, 5.74) is 0. The third kappa shape index (κ3) is 3.36. The number of hydrogen-bond donors (Lipinski definition) is 0. The van der Waals surface area contributed by atoms with Crippen LogP contribution in [0.2, 0.25) is 0 Å². The molecule has 0 aromatic heterocycles. The number of allylic oxidation sites excluding steroid dienone is 2. The Morgan fingerprint density at radius 2 is 2.22 bits per heavy atom. The molecule has 6 heteroatoms. The minimum absolute atomic E-state index is 0.0593. The fourth-order valence-electron chi connectivity index (χ4n) is 1.99. The highest BCUT2D eigenvalue weighted by molar-refractivity contribution is 8.21. The van der Waals surface area contributed by atoms with Gasteiger partial charge in [0.25, 0.3) is 0 Å². The summed E-state index contributed by atoms with van der Waals surface area (Å²) in [6.07, 6.45) is 1.84. The molecule has 2 rings (SSSR count). The summed E-state index contributed by atoms with van der Waals surface area (Å²) in [6, 6.07) is 0. The van der Waals surface area contributed by atoms with Gasteiger partial charge in [-0.2, -0.15) is 0 Å². The second-order valence-corrected chi connectivity index (χ2v) is 7.40. The largest absolute Gasteiger partial charge is 0.368 e. The number of hydrogen-bond acceptors (Lipinski definition) is 4. The van der Waals surface area contributed by atoms with Crippen molar-refractivity contribution in [3.8, 4) is 0 Å². The predicted molar refractivity (Wildman–Crippen MR) is 71.1 cm³/mol. The zero-order chi connectivity index (χ0) is 13.0. The molecule has 0 N–H and O–H groups in total. The van der Waals surface area contributed by atoms with Gasteiger partial charge in [0.15, 0.2) is 5.78 Å². The van der Waals surface area contributed by atoms with Crippen LogP contribution in [0.1, 0.15) is 12.8 Å². The monoisotopic (exact) mass is 292 g/mol. The van der Waals surface area contributed by atoms with Crippen LogP contribution in [0.25, 0.3) is 0 Å². The summed E-state index contributed by atoms with van der Waals surface area (Å²) >= 11 is 3.50. The number of Topliss-reactive ketones (excluding diaryl/α,β-unsaturated/α-hetero) is 1. The molecule has 2 aliphatic heterocycles. The molecule has 2 saturated heterocycles. The smallest absolute Gasteiger partial charge is 0.164 e. The van der Waals surface area contributed by atoms with E-state index in [4.69, 9.17) is 4.74 Å². The Labute approximate surface area is 113 Å². The maximum atomic E-state index is 13.3. The van der Waals surface area contributed by atoms with E-state index < -0.39 is 11.9 Å². The van der Waals surface area contributed by atoms with E-state index in [0.717, 1.165) is 23.7 Å². The van der Waals surface area contributed by atoms with Crippen molar-refractivity contribution in [1.82, 2.24) is 0 Å². The minimum Gasteiger partial charge on any atom is -0.368 e. The topological polar surface area (TPSA) is 26.3 Å². The van der Waals surface area contributed by atoms with E-state index in [1.165, 1.54) is 0 Å². The molecular weight excluding hydrogens is 278 g/mol. The molecule has 2 fully saturated rings. The van der Waals surface area contributed by atoms with Crippen LogP contribution in [0.5, 0.6) is 0 Å². The van der Waals surface area contributed by atoms with E-state index in [1.54, 1.807) is 23.5 Å². The van der Waals surface area contributed by atoms with Crippen LogP contribution < -0.4 is 0 Å². The van der Waals surface area contributed by atoms with Gasteiger partial charge in [-0.15, -0.1) is 23.5 Å². The molecule has 1 spiro atoms. The second kappa shape index (κ2) is 6.21. The molecule has 2 nitrogen and oxygen atoms in total. The lowest BCUT2D eigenvalue weighted by Gasteiger charge is -2.34. The highest BCUT2D eigenvalue weighted by Crippen LogP contribution is 2.49. The Morgan fingerprint density at radius 3 is 2.83 bits per heavy atom. The number of thioether (sulfide) groups is 2. The predicted octanol–water partition coefficient (Wildman–Crippen LogP) is 3.25. The SMILES string of the molecule is O=C1CC2(CO[C@@H]1C/C(F)=C\C=C\F)SCCS2. The summed E-state index contributed by atoms with van der Waals surface area (Å²) in [7, 11) is 0. The normalized spacial score (nSPS) is 28.4. The number of ketones is 1. The Hall–Kier alpha value is -0.330. The fourth-order valence-corrected chi connectivity index (χ4v) is 5.03. The van der Waals surface area contributed by atoms with Crippen LogP contribution in [0.4, 0.5) is 8.78 Å². The van der Waals surface area contributed by atoms with Gasteiger partial charge in [-0.25, -0.2) is 8.78 Å². The molecule has 0 unspecified atom stereocenters. The standard InChI is InChI=1S/C12H14F2O2S2/c13-3-1-2-9(14)6-11-10(15)7-12(8-16-11)17-4-5-18-12/h1-3,11H,4-8H2/b3-1+,9-2+/t11-/m1/s1. The average molecular weight is 292 g/mol. The summed E-state index contributed by atoms with van der Waals surface area (Å²) < 4.78 is 30.4. The van der Waals surface area contributed by atoms with E-state index in [-0.39, 0.29) is 22.6 Å². The first-order valence-electron chi connectivity index (χ1n) is 5.69. The van der Waals surface area contributed by atoms with Crippen LogP contribution >= 0.6 is 23.5 Å². The highest BCUT2D eigenvalue weighted by Gasteiger charge is 2.44. The molecular formula is C12H14F2O2S2. The van der Waals surface area contributed by atoms with Gasteiger partial charge < -0.3 is 4.74 Å². The molecule has 0 aromatic rings. The molecule has 18 heavy (non-hydrogen) atoms. The Kier molecular flexibility index (Phi) is 4.86. The lowest BCUT2D eigenvalue weighted by molar-refractivity contribution is -0.135. The Bertz CT molecular complexity index is 376. The van der Waals surface area contributed by atoms with E-state index in [1.807, 2.05) is 0 Å². The Balaban J connectivity index is 1.91. The molecule has 100 valence electrons. The zero-order valence-corrected chi connectivity index (χ0v) is 11.4. The first-order chi connectivity index (χ1) is 8.65. The second-order valence-electron chi connectivity index (χ2n) is 4.19. The van der Waals surface area contributed by atoms with Gasteiger partial charge in [0.2, 0.25) is 0 Å². The van der Waals surface area contributed by atoms with Crippen LogP contribution in [0, 0.1) is 0 Å². The summed E-state index contributed by atoms with van der Waals surface area (Å²) in [5, 5.41) is 0. The molecule has 0 bridgehead atoms. The van der Waals surface area contributed by atoms with Gasteiger partial charge in [0.1, 0.15) is 11.9 Å². The van der Waals surface area contributed by atoms with Gasteiger partial charge >= 0.3 is 0 Å². The van der Waals surface area contributed by atoms with Crippen molar-refractivity contribution in [2.24, 2.45) is 0 Å². The summed E-state index contributed by atoms with van der Waals surface area (Å²) in [6.45, 7) is 0.477. The van der Waals surface area contributed by atoms with Crippen molar-refractivity contribution >= 4 is 29.3 Å². The van der Waals surface area contributed by atoms with Crippen LogP contribution in [-0.2, 0) is 9.53 Å². The minimum atomic E-state index is -0.721. The number of halogens is 2. The molecule has 2 heterocycles. The number of rotatable bonds is 3.